The number of hydrogen-bond acceptors (Lipinski definition) is 5. The maximum atomic E-state index is 13.1. The average Bonchev–Trinajstić information content (AvgIpc) is 3.13. The first-order chi connectivity index (χ1) is 12.2. The Hall–Kier alpha value is -1.45. The van der Waals surface area contributed by atoms with Crippen molar-refractivity contribution in [3.63, 3.8) is 0 Å². The number of anilines is 1. The molecule has 26 heavy (non-hydrogen) atoms. The van der Waals surface area contributed by atoms with E-state index in [4.69, 9.17) is 0 Å². The van der Waals surface area contributed by atoms with Crippen LogP contribution in [0.5, 0.6) is 0 Å². The molecule has 2 aliphatic rings. The van der Waals surface area contributed by atoms with Crippen molar-refractivity contribution in [2.45, 2.75) is 44.0 Å². The number of hydrogen-bond donors (Lipinski definition) is 0. The molecule has 1 aromatic carbocycles. The number of carbonyl (C=O) groups is 1. The van der Waals surface area contributed by atoms with E-state index in [1.807, 2.05) is 0 Å². The third-order valence-electron chi connectivity index (χ3n) is 5.06. The molecule has 0 saturated carbocycles. The lowest BCUT2D eigenvalue weighted by molar-refractivity contribution is -0.117. The fourth-order valence-corrected chi connectivity index (χ4v) is 7.46. The highest BCUT2D eigenvalue weighted by molar-refractivity contribution is 7.92. The Labute approximate surface area is 155 Å². The smallest absolute Gasteiger partial charge is 0.243 e. The third-order valence-corrected chi connectivity index (χ3v) is 9.00. The minimum atomic E-state index is -3.80. The second-order valence-electron chi connectivity index (χ2n) is 6.86. The number of aryl methyl sites for hydroxylation is 1. The molecule has 0 aromatic heterocycles. The number of nitrogens with zero attached hydrogens (tertiary/aromatic N) is 2. The van der Waals surface area contributed by atoms with Gasteiger partial charge in [-0.1, -0.05) is 6.92 Å². The molecule has 3 rings (SSSR count). The topological polar surface area (TPSA) is 91.8 Å². The van der Waals surface area contributed by atoms with Crippen molar-refractivity contribution < 1.29 is 21.6 Å². The van der Waals surface area contributed by atoms with Crippen LogP contribution in [-0.2, 0) is 24.7 Å². The summed E-state index contributed by atoms with van der Waals surface area (Å²) in [6.45, 7) is 4.28. The van der Waals surface area contributed by atoms with Gasteiger partial charge in [0.1, 0.15) is 0 Å². The largest absolute Gasteiger partial charge is 0.312 e. The summed E-state index contributed by atoms with van der Waals surface area (Å²) >= 11 is 0. The van der Waals surface area contributed by atoms with Gasteiger partial charge in [-0.15, -0.1) is 0 Å². The summed E-state index contributed by atoms with van der Waals surface area (Å²) < 4.78 is 51.1. The van der Waals surface area contributed by atoms with Gasteiger partial charge < -0.3 is 4.90 Å². The minimum absolute atomic E-state index is 0.0265. The van der Waals surface area contributed by atoms with E-state index < -0.39 is 25.9 Å². The Morgan fingerprint density at radius 3 is 2.54 bits per heavy atom. The van der Waals surface area contributed by atoms with Gasteiger partial charge in [0, 0.05) is 31.2 Å². The van der Waals surface area contributed by atoms with E-state index in [-0.39, 0.29) is 28.9 Å². The van der Waals surface area contributed by atoms with Crippen molar-refractivity contribution >= 4 is 31.5 Å². The van der Waals surface area contributed by atoms with Crippen LogP contribution in [0.15, 0.2) is 23.1 Å². The summed E-state index contributed by atoms with van der Waals surface area (Å²) in [5.41, 5.74) is 1.26. The molecule has 1 atom stereocenters. The Balaban J connectivity index is 1.92. The Kier molecular flexibility index (Phi) is 5.15. The first-order valence-corrected chi connectivity index (χ1v) is 12.0. The molecule has 7 nitrogen and oxygen atoms in total. The zero-order chi connectivity index (χ0) is 19.1. The highest BCUT2D eigenvalue weighted by Crippen LogP contribution is 2.30. The summed E-state index contributed by atoms with van der Waals surface area (Å²) in [6.07, 6.45) is 1.64. The van der Waals surface area contributed by atoms with Crippen LogP contribution in [-0.4, -0.2) is 57.7 Å². The lowest BCUT2D eigenvalue weighted by atomic mass is 10.2. The van der Waals surface area contributed by atoms with Gasteiger partial charge in [0.05, 0.1) is 16.4 Å². The molecule has 144 valence electrons. The maximum absolute atomic E-state index is 13.1. The van der Waals surface area contributed by atoms with E-state index >= 15 is 0 Å². The minimum Gasteiger partial charge on any atom is -0.312 e. The standard InChI is InChI=1S/C17H24N2O5S2/c1-3-19(15-8-10-25(21,22)12-15)26(23,24)16-7-6-14(11-13(16)2)18-9-4-5-17(18)20/h6-7,11,15H,3-5,8-10,12H2,1-2H3. The first kappa shape index (κ1) is 19.3. The van der Waals surface area contributed by atoms with Crippen molar-refractivity contribution in [2.75, 3.05) is 29.5 Å². The first-order valence-electron chi connectivity index (χ1n) is 8.79. The van der Waals surface area contributed by atoms with E-state index in [9.17, 15) is 21.6 Å². The zero-order valence-electron chi connectivity index (χ0n) is 15.0. The SMILES string of the molecule is CCN(C1CCS(=O)(=O)C1)S(=O)(=O)c1ccc(N2CCCC2=O)cc1C. The highest BCUT2D eigenvalue weighted by Gasteiger charge is 2.38. The second kappa shape index (κ2) is 6.94. The van der Waals surface area contributed by atoms with E-state index in [0.717, 1.165) is 6.42 Å². The highest BCUT2D eigenvalue weighted by atomic mass is 32.2. The second-order valence-corrected chi connectivity index (χ2v) is 11.0. The maximum Gasteiger partial charge on any atom is 0.243 e. The predicted octanol–water partition coefficient (Wildman–Crippen LogP) is 1.32. The van der Waals surface area contributed by atoms with Gasteiger partial charge in [0.2, 0.25) is 15.9 Å². The van der Waals surface area contributed by atoms with Gasteiger partial charge in [0.25, 0.3) is 0 Å². The lowest BCUT2D eigenvalue weighted by Crippen LogP contribution is -2.41. The molecule has 2 aliphatic heterocycles. The molecule has 1 amide bonds. The molecule has 1 unspecified atom stereocenters. The summed E-state index contributed by atoms with van der Waals surface area (Å²) in [4.78, 5) is 13.7. The Morgan fingerprint density at radius 1 is 1.31 bits per heavy atom. The Morgan fingerprint density at radius 2 is 2.04 bits per heavy atom. The quantitative estimate of drug-likeness (QED) is 0.743. The van der Waals surface area contributed by atoms with E-state index in [2.05, 4.69) is 0 Å². The van der Waals surface area contributed by atoms with Crippen molar-refractivity contribution in [3.8, 4) is 0 Å². The molecule has 0 radical (unpaired) electrons. The molecule has 2 fully saturated rings. The molecule has 0 aliphatic carbocycles. The normalized spacial score (nSPS) is 23.1. The monoisotopic (exact) mass is 400 g/mol. The molecule has 0 N–H and O–H groups in total. The zero-order valence-corrected chi connectivity index (χ0v) is 16.6. The molecule has 1 aromatic rings. The van der Waals surface area contributed by atoms with Gasteiger partial charge >= 0.3 is 0 Å². The molecular weight excluding hydrogens is 376 g/mol. The fourth-order valence-electron chi connectivity index (χ4n) is 3.77. The van der Waals surface area contributed by atoms with Gasteiger partial charge in [-0.2, -0.15) is 4.31 Å². The van der Waals surface area contributed by atoms with Crippen LogP contribution in [0.4, 0.5) is 5.69 Å². The summed E-state index contributed by atoms with van der Waals surface area (Å²) in [5, 5.41) is 0. The predicted molar refractivity (Wildman–Crippen MR) is 99.4 cm³/mol. The average molecular weight is 401 g/mol. The van der Waals surface area contributed by atoms with Crippen molar-refractivity contribution in [1.29, 1.82) is 0 Å². The van der Waals surface area contributed by atoms with Crippen LogP contribution >= 0.6 is 0 Å². The number of sulfonamides is 1. The lowest BCUT2D eigenvalue weighted by Gasteiger charge is -2.27. The van der Waals surface area contributed by atoms with Crippen LogP contribution in [0, 0.1) is 6.92 Å². The summed E-state index contributed by atoms with van der Waals surface area (Å²) in [7, 11) is -6.98. The van der Waals surface area contributed by atoms with E-state index in [1.54, 1.807) is 30.9 Å². The van der Waals surface area contributed by atoms with E-state index in [0.29, 0.717) is 30.6 Å². The number of rotatable bonds is 5. The van der Waals surface area contributed by atoms with Gasteiger partial charge in [-0.25, -0.2) is 16.8 Å². The van der Waals surface area contributed by atoms with Crippen LogP contribution in [0.2, 0.25) is 0 Å². The number of benzene rings is 1. The third kappa shape index (κ3) is 3.52. The molecular formula is C17H24N2O5S2. The Bertz CT molecular complexity index is 924. The molecule has 2 saturated heterocycles. The summed E-state index contributed by atoms with van der Waals surface area (Å²) in [5.74, 6) is -0.0515. The van der Waals surface area contributed by atoms with Crippen LogP contribution in [0.3, 0.4) is 0 Å². The number of sulfone groups is 1. The number of amides is 1. The van der Waals surface area contributed by atoms with Gasteiger partial charge in [0.15, 0.2) is 9.84 Å². The summed E-state index contributed by atoms with van der Waals surface area (Å²) in [6, 6.07) is 4.38. The van der Waals surface area contributed by atoms with Crippen molar-refractivity contribution in [3.05, 3.63) is 23.8 Å². The molecule has 9 heteroatoms. The van der Waals surface area contributed by atoms with Gasteiger partial charge in [-0.3, -0.25) is 4.79 Å². The van der Waals surface area contributed by atoms with Crippen LogP contribution in [0.1, 0.15) is 31.7 Å². The molecule has 0 bridgehead atoms. The van der Waals surface area contributed by atoms with Crippen LogP contribution in [0.25, 0.3) is 0 Å². The molecule has 2 heterocycles. The van der Waals surface area contributed by atoms with Crippen molar-refractivity contribution in [1.82, 2.24) is 4.31 Å². The van der Waals surface area contributed by atoms with E-state index in [1.165, 1.54) is 10.4 Å². The van der Waals surface area contributed by atoms with Crippen LogP contribution < -0.4 is 4.90 Å². The number of carbonyl (C=O) groups excluding carboxylic acids is 1. The fraction of sp³-hybridized carbons (Fsp3) is 0.588. The molecule has 0 spiro atoms. The van der Waals surface area contributed by atoms with Crippen molar-refractivity contribution in [2.24, 2.45) is 0 Å². The van der Waals surface area contributed by atoms with Gasteiger partial charge in [-0.05, 0) is 43.5 Å².